The number of amides is 1. The van der Waals surface area contributed by atoms with E-state index in [1.54, 1.807) is 9.58 Å². The molecule has 0 aliphatic rings. The molecule has 2 aromatic carbocycles. The molecule has 7 nitrogen and oxygen atoms in total. The summed E-state index contributed by atoms with van der Waals surface area (Å²) >= 11 is 1.28. The normalized spacial score (nSPS) is 10.6. The number of aryl methyl sites for hydroxylation is 3. The molecular formula is C21H22N6OS. The molecule has 0 fully saturated rings. The molecule has 29 heavy (non-hydrogen) atoms. The number of nitrogens with zero attached hydrogens (tertiary/aromatic N) is 6. The Balaban J connectivity index is 1.75. The largest absolute Gasteiger partial charge is 0.311 e. The Kier molecular flexibility index (Phi) is 6.62. The molecule has 1 heterocycles. The maximum atomic E-state index is 12.9. The van der Waals surface area contributed by atoms with Gasteiger partial charge in [-0.1, -0.05) is 35.5 Å². The molecule has 8 heteroatoms. The molecule has 0 spiro atoms. The van der Waals surface area contributed by atoms with Gasteiger partial charge in [0.25, 0.3) is 0 Å². The monoisotopic (exact) mass is 406 g/mol. The number of carbonyl (C=O) groups is 1. The topological polar surface area (TPSA) is 87.7 Å². The maximum absolute atomic E-state index is 12.9. The van der Waals surface area contributed by atoms with Gasteiger partial charge >= 0.3 is 0 Å². The SMILES string of the molecule is Cc1ccc(N(CCC#N)C(=O)CSc2nnnn2-c2ccc(C)c(C)c2)cc1. The number of aromatic nitrogens is 4. The van der Waals surface area contributed by atoms with E-state index in [1.807, 2.05) is 63.2 Å². The summed E-state index contributed by atoms with van der Waals surface area (Å²) in [6.07, 6.45) is 0.269. The Hall–Kier alpha value is -3.18. The van der Waals surface area contributed by atoms with Gasteiger partial charge in [0.05, 0.1) is 23.9 Å². The van der Waals surface area contributed by atoms with Crippen molar-refractivity contribution in [2.24, 2.45) is 0 Å². The Morgan fingerprint density at radius 2 is 1.90 bits per heavy atom. The molecule has 1 amide bonds. The molecule has 0 bridgehead atoms. The molecule has 0 saturated heterocycles. The molecule has 3 aromatic rings. The van der Waals surface area contributed by atoms with E-state index in [4.69, 9.17) is 5.26 Å². The van der Waals surface area contributed by atoms with Crippen LogP contribution in [0, 0.1) is 32.1 Å². The highest BCUT2D eigenvalue weighted by Gasteiger charge is 2.18. The van der Waals surface area contributed by atoms with Crippen LogP contribution in [0.4, 0.5) is 5.69 Å². The Morgan fingerprint density at radius 1 is 1.14 bits per heavy atom. The average molecular weight is 407 g/mol. The first-order valence-corrected chi connectivity index (χ1v) is 10.2. The second-order valence-electron chi connectivity index (χ2n) is 6.72. The smallest absolute Gasteiger partial charge is 0.237 e. The second kappa shape index (κ2) is 9.34. The van der Waals surface area contributed by atoms with Crippen molar-refractivity contribution in [2.45, 2.75) is 32.3 Å². The van der Waals surface area contributed by atoms with E-state index in [0.29, 0.717) is 11.7 Å². The van der Waals surface area contributed by atoms with Gasteiger partial charge in [-0.2, -0.15) is 9.94 Å². The van der Waals surface area contributed by atoms with Gasteiger partial charge < -0.3 is 4.90 Å². The summed E-state index contributed by atoms with van der Waals surface area (Å²) in [6.45, 7) is 6.43. The van der Waals surface area contributed by atoms with Crippen molar-refractivity contribution in [3.05, 3.63) is 59.2 Å². The van der Waals surface area contributed by atoms with Gasteiger partial charge in [-0.3, -0.25) is 4.79 Å². The van der Waals surface area contributed by atoms with Gasteiger partial charge in [-0.05, 0) is 66.6 Å². The van der Waals surface area contributed by atoms with Gasteiger partial charge in [0.1, 0.15) is 0 Å². The number of benzene rings is 2. The van der Waals surface area contributed by atoms with Crippen LogP contribution in [-0.2, 0) is 4.79 Å². The highest BCUT2D eigenvalue weighted by Crippen LogP contribution is 2.22. The number of hydrogen-bond donors (Lipinski definition) is 0. The first-order valence-electron chi connectivity index (χ1n) is 9.22. The standard InChI is InChI=1S/C21H22N6OS/c1-15-5-8-18(9-6-15)26(12-4-11-22)20(28)14-29-21-23-24-25-27(21)19-10-7-16(2)17(3)13-19/h5-10,13H,4,12,14H2,1-3H3. The summed E-state index contributed by atoms with van der Waals surface area (Å²) in [5, 5.41) is 21.4. The third-order valence-electron chi connectivity index (χ3n) is 4.59. The lowest BCUT2D eigenvalue weighted by molar-refractivity contribution is -0.116. The zero-order valence-corrected chi connectivity index (χ0v) is 17.5. The zero-order chi connectivity index (χ0) is 20.8. The van der Waals surface area contributed by atoms with E-state index in [9.17, 15) is 4.79 Å². The van der Waals surface area contributed by atoms with Crippen molar-refractivity contribution in [2.75, 3.05) is 17.2 Å². The fourth-order valence-corrected chi connectivity index (χ4v) is 3.54. The van der Waals surface area contributed by atoms with E-state index in [2.05, 4.69) is 21.6 Å². The summed E-state index contributed by atoms with van der Waals surface area (Å²) in [4.78, 5) is 14.5. The summed E-state index contributed by atoms with van der Waals surface area (Å²) in [6, 6.07) is 15.8. The van der Waals surface area contributed by atoms with Gasteiger partial charge in [0.2, 0.25) is 11.1 Å². The Morgan fingerprint density at radius 3 is 2.59 bits per heavy atom. The number of hydrogen-bond acceptors (Lipinski definition) is 6. The molecule has 1 aromatic heterocycles. The van der Waals surface area contributed by atoms with Crippen LogP contribution >= 0.6 is 11.8 Å². The molecule has 0 saturated carbocycles. The van der Waals surface area contributed by atoms with E-state index < -0.39 is 0 Å². The number of carbonyl (C=O) groups excluding carboxylic acids is 1. The number of tetrazole rings is 1. The predicted molar refractivity (Wildman–Crippen MR) is 113 cm³/mol. The van der Waals surface area contributed by atoms with Gasteiger partial charge in [0.15, 0.2) is 0 Å². The predicted octanol–water partition coefficient (Wildman–Crippen LogP) is 3.63. The van der Waals surface area contributed by atoms with E-state index in [-0.39, 0.29) is 18.1 Å². The molecular weight excluding hydrogens is 384 g/mol. The quantitative estimate of drug-likeness (QED) is 0.557. The molecule has 0 radical (unpaired) electrons. The van der Waals surface area contributed by atoms with Crippen LogP contribution in [0.1, 0.15) is 23.1 Å². The minimum absolute atomic E-state index is 0.0938. The van der Waals surface area contributed by atoms with Gasteiger partial charge in [0, 0.05) is 12.2 Å². The second-order valence-corrected chi connectivity index (χ2v) is 7.66. The minimum atomic E-state index is -0.0938. The maximum Gasteiger partial charge on any atom is 0.237 e. The molecule has 0 aliphatic carbocycles. The van der Waals surface area contributed by atoms with Crippen molar-refractivity contribution >= 4 is 23.4 Å². The highest BCUT2D eigenvalue weighted by atomic mass is 32.2. The lowest BCUT2D eigenvalue weighted by atomic mass is 10.1. The summed E-state index contributed by atoms with van der Waals surface area (Å²) in [5.41, 5.74) is 5.09. The van der Waals surface area contributed by atoms with Gasteiger partial charge in [-0.25, -0.2) is 0 Å². The third-order valence-corrected chi connectivity index (χ3v) is 5.50. The minimum Gasteiger partial charge on any atom is -0.311 e. The lowest BCUT2D eigenvalue weighted by Crippen LogP contribution is -2.33. The average Bonchev–Trinajstić information content (AvgIpc) is 3.18. The van der Waals surface area contributed by atoms with Crippen LogP contribution < -0.4 is 4.90 Å². The van der Waals surface area contributed by atoms with Crippen LogP contribution in [0.5, 0.6) is 0 Å². The number of thioether (sulfide) groups is 1. The van der Waals surface area contributed by atoms with E-state index >= 15 is 0 Å². The molecule has 148 valence electrons. The van der Waals surface area contributed by atoms with Crippen LogP contribution in [0.25, 0.3) is 5.69 Å². The first-order chi connectivity index (χ1) is 14.0. The van der Waals surface area contributed by atoms with E-state index in [0.717, 1.165) is 22.5 Å². The van der Waals surface area contributed by atoms with E-state index in [1.165, 1.54) is 17.3 Å². The highest BCUT2D eigenvalue weighted by molar-refractivity contribution is 7.99. The van der Waals surface area contributed by atoms with Crippen molar-refractivity contribution < 1.29 is 4.79 Å². The molecule has 0 N–H and O–H groups in total. The van der Waals surface area contributed by atoms with Crippen LogP contribution in [0.3, 0.4) is 0 Å². The third kappa shape index (κ3) is 5.00. The van der Waals surface area contributed by atoms with Crippen LogP contribution in [0.2, 0.25) is 0 Å². The van der Waals surface area contributed by atoms with Crippen LogP contribution in [0.15, 0.2) is 47.6 Å². The fourth-order valence-electron chi connectivity index (χ4n) is 2.78. The first kappa shape index (κ1) is 20.6. The summed E-state index contributed by atoms with van der Waals surface area (Å²) in [5.74, 6) is 0.0774. The molecule has 3 rings (SSSR count). The van der Waals surface area contributed by atoms with Gasteiger partial charge in [-0.15, -0.1) is 5.10 Å². The van der Waals surface area contributed by atoms with Crippen molar-refractivity contribution in [1.29, 1.82) is 5.26 Å². The molecule has 0 atom stereocenters. The number of anilines is 1. The molecule has 0 unspecified atom stereocenters. The van der Waals surface area contributed by atoms with Crippen molar-refractivity contribution in [1.82, 2.24) is 20.2 Å². The molecule has 0 aliphatic heterocycles. The number of nitriles is 1. The summed E-state index contributed by atoms with van der Waals surface area (Å²) in [7, 11) is 0. The lowest BCUT2D eigenvalue weighted by Gasteiger charge is -2.21. The Labute approximate surface area is 174 Å². The Bertz CT molecular complexity index is 1040. The summed E-state index contributed by atoms with van der Waals surface area (Å²) < 4.78 is 1.63. The van der Waals surface area contributed by atoms with Crippen LogP contribution in [-0.4, -0.2) is 38.4 Å². The zero-order valence-electron chi connectivity index (χ0n) is 16.7. The fraction of sp³-hybridized carbons (Fsp3) is 0.286. The van der Waals surface area contributed by atoms with Crippen molar-refractivity contribution in [3.8, 4) is 11.8 Å². The van der Waals surface area contributed by atoms with Crippen molar-refractivity contribution in [3.63, 3.8) is 0 Å². The number of rotatable bonds is 7.